The van der Waals surface area contributed by atoms with E-state index in [1.165, 1.54) is 24.1 Å². The Bertz CT molecular complexity index is 404. The van der Waals surface area contributed by atoms with Crippen molar-refractivity contribution >= 4 is 5.82 Å². The van der Waals surface area contributed by atoms with Gasteiger partial charge in [0.05, 0.1) is 5.69 Å². The third-order valence-electron chi connectivity index (χ3n) is 3.89. The van der Waals surface area contributed by atoms with Crippen LogP contribution in [0.15, 0.2) is 6.07 Å². The van der Waals surface area contributed by atoms with Crippen LogP contribution >= 0.6 is 0 Å². The summed E-state index contributed by atoms with van der Waals surface area (Å²) in [6.45, 7) is 2.98. The van der Waals surface area contributed by atoms with Gasteiger partial charge in [-0.25, -0.2) is 0 Å². The molecule has 2 atom stereocenters. The van der Waals surface area contributed by atoms with Crippen LogP contribution in [0, 0.1) is 0 Å². The van der Waals surface area contributed by atoms with Crippen LogP contribution in [0.2, 0.25) is 0 Å². The minimum Gasteiger partial charge on any atom is -0.369 e. The Balaban J connectivity index is 1.99. The van der Waals surface area contributed by atoms with Crippen molar-refractivity contribution in [3.8, 4) is 0 Å². The predicted octanol–water partition coefficient (Wildman–Crippen LogP) is 1.60. The van der Waals surface area contributed by atoms with Crippen molar-refractivity contribution in [2.75, 3.05) is 18.9 Å². The van der Waals surface area contributed by atoms with Gasteiger partial charge in [-0.2, -0.15) is 5.10 Å². The van der Waals surface area contributed by atoms with Gasteiger partial charge in [0.2, 0.25) is 0 Å². The minimum absolute atomic E-state index is 0.571. The van der Waals surface area contributed by atoms with Crippen LogP contribution in [-0.4, -0.2) is 34.7 Å². The van der Waals surface area contributed by atoms with E-state index in [-0.39, 0.29) is 0 Å². The largest absolute Gasteiger partial charge is 0.369 e. The summed E-state index contributed by atoms with van der Waals surface area (Å²) in [5.74, 6) is 0.917. The summed E-state index contributed by atoms with van der Waals surface area (Å²) in [7, 11) is 2.23. The topological polar surface area (TPSA) is 41.1 Å². The van der Waals surface area contributed by atoms with E-state index in [0.29, 0.717) is 12.1 Å². The molecule has 0 radical (unpaired) electrons. The van der Waals surface area contributed by atoms with Crippen LogP contribution in [-0.2, 0) is 6.42 Å². The van der Waals surface area contributed by atoms with Crippen molar-refractivity contribution < 1.29 is 0 Å². The molecule has 1 saturated heterocycles. The van der Waals surface area contributed by atoms with Crippen LogP contribution in [0.25, 0.3) is 0 Å². The van der Waals surface area contributed by atoms with Crippen LogP contribution in [0.3, 0.4) is 0 Å². The number of aromatic nitrogens is 2. The number of hydrogen-bond acceptors (Lipinski definition) is 4. The highest BCUT2D eigenvalue weighted by Crippen LogP contribution is 2.41. The average Bonchev–Trinajstić information content (AvgIpc) is 2.54. The van der Waals surface area contributed by atoms with Crippen molar-refractivity contribution in [3.63, 3.8) is 0 Å². The van der Waals surface area contributed by atoms with E-state index in [1.807, 2.05) is 0 Å². The summed E-state index contributed by atoms with van der Waals surface area (Å²) < 4.78 is 0. The first-order valence-electron chi connectivity index (χ1n) is 6.12. The summed E-state index contributed by atoms with van der Waals surface area (Å²) in [5, 5.41) is 11.8. The molecular formula is C12H18N4. The molecule has 0 spiro atoms. The molecular weight excluding hydrogens is 200 g/mol. The second kappa shape index (κ2) is 3.70. The number of likely N-dealkylation sites (N-methyl/N-ethyl adjacent to an activating group) is 1. The Labute approximate surface area is 96.1 Å². The minimum atomic E-state index is 0.571. The van der Waals surface area contributed by atoms with E-state index in [2.05, 4.69) is 40.5 Å². The summed E-state index contributed by atoms with van der Waals surface area (Å²) in [4.78, 5) is 2.50. The Morgan fingerprint density at radius 1 is 1.44 bits per heavy atom. The zero-order valence-electron chi connectivity index (χ0n) is 9.90. The number of fused-ring (bicyclic) bond motifs is 4. The molecule has 1 fully saturated rings. The molecule has 3 rings (SSSR count). The van der Waals surface area contributed by atoms with Crippen LogP contribution in [0.4, 0.5) is 5.82 Å². The van der Waals surface area contributed by atoms with Gasteiger partial charge in [-0.15, -0.1) is 5.10 Å². The zero-order valence-corrected chi connectivity index (χ0v) is 9.90. The predicted molar refractivity (Wildman–Crippen MR) is 63.4 cm³/mol. The zero-order chi connectivity index (χ0) is 11.1. The molecule has 3 heterocycles. The van der Waals surface area contributed by atoms with Gasteiger partial charge in [-0.3, -0.25) is 4.90 Å². The third-order valence-corrected chi connectivity index (χ3v) is 3.89. The van der Waals surface area contributed by atoms with Crippen LogP contribution in [0.1, 0.15) is 37.1 Å². The number of nitrogens with one attached hydrogen (secondary N) is 1. The fraction of sp³-hybridized carbons (Fsp3) is 0.667. The smallest absolute Gasteiger partial charge is 0.148 e. The maximum absolute atomic E-state index is 4.37. The fourth-order valence-corrected chi connectivity index (χ4v) is 3.00. The first-order valence-corrected chi connectivity index (χ1v) is 6.12. The lowest BCUT2D eigenvalue weighted by molar-refractivity contribution is 0.221. The molecule has 1 N–H and O–H groups in total. The summed E-state index contributed by atoms with van der Waals surface area (Å²) in [6, 6.07) is 3.45. The van der Waals surface area contributed by atoms with Gasteiger partial charge in [0, 0.05) is 25.0 Å². The Kier molecular flexibility index (Phi) is 2.32. The van der Waals surface area contributed by atoms with Crippen molar-refractivity contribution in [2.24, 2.45) is 0 Å². The van der Waals surface area contributed by atoms with E-state index in [4.69, 9.17) is 0 Å². The number of hydrogen-bond donors (Lipinski definition) is 1. The molecule has 2 bridgehead atoms. The van der Waals surface area contributed by atoms with E-state index < -0.39 is 0 Å². The summed E-state index contributed by atoms with van der Waals surface area (Å²) in [6.07, 6.45) is 3.64. The molecule has 0 aliphatic carbocycles. The van der Waals surface area contributed by atoms with Gasteiger partial charge in [-0.1, -0.05) is 0 Å². The fourth-order valence-electron chi connectivity index (χ4n) is 3.00. The molecule has 1 aromatic heterocycles. The molecule has 86 valence electrons. The Morgan fingerprint density at radius 3 is 3.12 bits per heavy atom. The van der Waals surface area contributed by atoms with E-state index >= 15 is 0 Å². The molecule has 2 aliphatic rings. The van der Waals surface area contributed by atoms with E-state index in [9.17, 15) is 0 Å². The van der Waals surface area contributed by atoms with Gasteiger partial charge in [0.1, 0.15) is 5.82 Å². The maximum atomic E-state index is 4.37. The highest BCUT2D eigenvalue weighted by Gasteiger charge is 2.38. The molecule has 0 saturated carbocycles. The van der Waals surface area contributed by atoms with E-state index in [0.717, 1.165) is 18.8 Å². The standard InChI is InChI=1S/C12H18N4/c1-3-13-12-7-9-10(14-15-12)6-8-4-5-11(9)16(8)2/h7-8,11H,3-6H2,1-2H3,(H,13,15). The normalized spacial score (nSPS) is 27.9. The highest BCUT2D eigenvalue weighted by atomic mass is 15.2. The number of rotatable bonds is 2. The second-order valence-electron chi connectivity index (χ2n) is 4.78. The Hall–Kier alpha value is -1.16. The molecule has 0 aromatic carbocycles. The first-order chi connectivity index (χ1) is 7.79. The molecule has 4 nitrogen and oxygen atoms in total. The van der Waals surface area contributed by atoms with Gasteiger partial charge in [-0.05, 0) is 38.4 Å². The quantitative estimate of drug-likeness (QED) is 0.818. The average molecular weight is 218 g/mol. The summed E-state index contributed by atoms with van der Waals surface area (Å²) in [5.41, 5.74) is 2.61. The lowest BCUT2D eigenvalue weighted by Crippen LogP contribution is -2.34. The highest BCUT2D eigenvalue weighted by molar-refractivity contribution is 5.41. The Morgan fingerprint density at radius 2 is 2.31 bits per heavy atom. The van der Waals surface area contributed by atoms with E-state index in [1.54, 1.807) is 0 Å². The molecule has 16 heavy (non-hydrogen) atoms. The monoisotopic (exact) mass is 218 g/mol. The summed E-state index contributed by atoms with van der Waals surface area (Å²) >= 11 is 0. The SMILES string of the molecule is CCNc1cc2c(nn1)CC1CCC2N1C. The molecule has 2 unspecified atom stereocenters. The lowest BCUT2D eigenvalue weighted by atomic mass is 9.99. The van der Waals surface area contributed by atoms with Crippen LogP contribution in [0.5, 0.6) is 0 Å². The molecule has 1 aromatic rings. The maximum Gasteiger partial charge on any atom is 0.148 e. The van der Waals surface area contributed by atoms with Crippen molar-refractivity contribution in [2.45, 2.75) is 38.3 Å². The van der Waals surface area contributed by atoms with Gasteiger partial charge in [0.25, 0.3) is 0 Å². The van der Waals surface area contributed by atoms with Gasteiger partial charge < -0.3 is 5.32 Å². The number of anilines is 1. The second-order valence-corrected chi connectivity index (χ2v) is 4.78. The van der Waals surface area contributed by atoms with Crippen LogP contribution < -0.4 is 5.32 Å². The molecule has 0 amide bonds. The van der Waals surface area contributed by atoms with Gasteiger partial charge in [0.15, 0.2) is 0 Å². The van der Waals surface area contributed by atoms with Crippen molar-refractivity contribution in [3.05, 3.63) is 17.3 Å². The lowest BCUT2D eigenvalue weighted by Gasteiger charge is -2.32. The first kappa shape index (κ1) is 10.0. The number of nitrogens with zero attached hydrogens (tertiary/aromatic N) is 3. The van der Waals surface area contributed by atoms with Gasteiger partial charge >= 0.3 is 0 Å². The van der Waals surface area contributed by atoms with Crippen molar-refractivity contribution in [1.29, 1.82) is 0 Å². The molecule has 2 aliphatic heterocycles. The molecule has 4 heteroatoms. The third kappa shape index (κ3) is 1.40. The van der Waals surface area contributed by atoms with Crippen molar-refractivity contribution in [1.82, 2.24) is 15.1 Å².